The normalized spacial score (nSPS) is 12.0. The molecule has 14 aromatic heterocycles. The van der Waals surface area contributed by atoms with Crippen LogP contribution in [0.2, 0.25) is 0 Å². The molecule has 5 aromatic carbocycles. The van der Waals surface area contributed by atoms with E-state index in [2.05, 4.69) is 152 Å². The zero-order chi connectivity index (χ0) is 83.6. The molecular formula is C84H89N33O3. The van der Waals surface area contributed by atoms with Gasteiger partial charge in [0, 0.05) is 115 Å². The molecule has 0 radical (unpaired) electrons. The number of nitrogen functional groups attached to an aromatic ring is 5. The smallest absolute Gasteiger partial charge is 0.223 e. The van der Waals surface area contributed by atoms with Crippen molar-refractivity contribution in [1.29, 1.82) is 0 Å². The molecule has 0 aliphatic heterocycles. The number of hydrogen-bond donors (Lipinski definition) is 15. The number of aromatic amines is 7. The van der Waals surface area contributed by atoms with E-state index in [0.717, 1.165) is 181 Å². The molecule has 14 heterocycles. The predicted octanol–water partition coefficient (Wildman–Crippen LogP) is 10.7. The molecule has 1 saturated carbocycles. The van der Waals surface area contributed by atoms with E-state index in [1.165, 1.54) is 6.92 Å². The van der Waals surface area contributed by atoms with Crippen LogP contribution in [-0.4, -0.2) is 169 Å². The van der Waals surface area contributed by atoms with Crippen molar-refractivity contribution in [3.63, 3.8) is 0 Å². The number of imidazole rings is 5. The molecule has 0 spiro atoms. The fourth-order valence-electron chi connectivity index (χ4n) is 14.3. The Labute approximate surface area is 683 Å². The molecule has 1 aliphatic rings. The zero-order valence-electron chi connectivity index (χ0n) is 67.2. The summed E-state index contributed by atoms with van der Waals surface area (Å²) < 4.78 is 3.85. The van der Waals surface area contributed by atoms with Crippen LogP contribution in [0.3, 0.4) is 0 Å². The molecular weight excluding hydrogens is 1520 g/mol. The lowest BCUT2D eigenvalue weighted by molar-refractivity contribution is -0.129. The molecule has 36 heteroatoms. The Morgan fingerprint density at radius 1 is 0.475 bits per heavy atom. The average molecular weight is 1610 g/mol. The SMILES string of the molecule is CC(=O)N(C)Cc1nc2c([nH]1)c(N)nc1cc(-n3cccn3)ccc12.CCN(Cc1nc2c([nH]1)c(N)nc1cc(C)ccc12)C(C)=O.CCNCc1nc2c(N)nc3cc(-c4ccn[nH]4)ccc3c2n1C.CCNCc1nc2c([nH]1)c(N)nc1cc(-c3ccn[nH]3)ccc12.Nc1nc2cc(-c3ccn[nH]3)ccc2c2nc(CNC(=O)C3CC3)[nH]c12. The number of amides is 3. The first-order chi connectivity index (χ1) is 58.1. The molecule has 36 nitrogen and oxygen atoms in total. The van der Waals surface area contributed by atoms with Crippen molar-refractivity contribution < 1.29 is 14.4 Å². The molecule has 0 unspecified atom stereocenters. The van der Waals surface area contributed by atoms with Gasteiger partial charge in [0.2, 0.25) is 17.7 Å². The molecule has 0 bridgehead atoms. The summed E-state index contributed by atoms with van der Waals surface area (Å²) in [5.74, 6) is 6.25. The number of carbonyl (C=O) groups excluding carboxylic acids is 3. The number of carbonyl (C=O) groups is 3. The third-order valence-electron chi connectivity index (χ3n) is 20.8. The van der Waals surface area contributed by atoms with E-state index in [9.17, 15) is 14.4 Å². The number of nitrogens with zero attached hydrogens (tertiary/aromatic N) is 18. The topological polar surface area (TPSA) is 525 Å². The van der Waals surface area contributed by atoms with Crippen LogP contribution in [0.1, 0.15) is 82.1 Å². The number of aromatic nitrogens is 23. The quantitative estimate of drug-likeness (QED) is 0.0379. The number of anilines is 5. The van der Waals surface area contributed by atoms with Crippen LogP contribution in [0, 0.1) is 12.8 Å². The highest BCUT2D eigenvalue weighted by Gasteiger charge is 2.30. The van der Waals surface area contributed by atoms with Crippen LogP contribution in [0.5, 0.6) is 0 Å². The minimum atomic E-state index is -0.0275. The average Bonchev–Trinajstić information content (AvgIpc) is 1.59. The second-order valence-electron chi connectivity index (χ2n) is 29.1. The maximum atomic E-state index is 11.8. The van der Waals surface area contributed by atoms with Crippen LogP contribution in [0.4, 0.5) is 29.1 Å². The fraction of sp³-hybridized carbons (Fsp3) is 0.226. The maximum Gasteiger partial charge on any atom is 0.223 e. The summed E-state index contributed by atoms with van der Waals surface area (Å²) in [6.45, 7) is 16.2. The molecule has 0 atom stereocenters. The number of nitrogens with two attached hydrogens (primary N) is 5. The molecule has 608 valence electrons. The highest BCUT2D eigenvalue weighted by Crippen LogP contribution is 2.36. The van der Waals surface area contributed by atoms with E-state index >= 15 is 0 Å². The van der Waals surface area contributed by atoms with Crippen LogP contribution >= 0.6 is 0 Å². The second-order valence-corrected chi connectivity index (χ2v) is 29.1. The van der Waals surface area contributed by atoms with E-state index in [1.807, 2.05) is 130 Å². The number of benzene rings is 5. The maximum absolute atomic E-state index is 11.8. The van der Waals surface area contributed by atoms with Gasteiger partial charge in [0.25, 0.3) is 0 Å². The zero-order valence-corrected chi connectivity index (χ0v) is 67.2. The highest BCUT2D eigenvalue weighted by molar-refractivity contribution is 6.11. The third-order valence-corrected chi connectivity index (χ3v) is 20.8. The van der Waals surface area contributed by atoms with Gasteiger partial charge in [-0.3, -0.25) is 29.7 Å². The molecule has 1 fully saturated rings. The number of nitrogens with one attached hydrogen (secondary N) is 10. The van der Waals surface area contributed by atoms with Crippen LogP contribution in [-0.2, 0) is 54.2 Å². The Kier molecular flexibility index (Phi) is 21.9. The Hall–Kier alpha value is -15.3. The number of rotatable bonds is 18. The van der Waals surface area contributed by atoms with Crippen molar-refractivity contribution in [2.75, 3.05) is 55.4 Å². The molecule has 3 amide bonds. The molecule has 120 heavy (non-hydrogen) atoms. The van der Waals surface area contributed by atoms with Gasteiger partial charge in [-0.15, -0.1) is 0 Å². The van der Waals surface area contributed by atoms with E-state index < -0.39 is 0 Å². The first kappa shape index (κ1) is 78.6. The van der Waals surface area contributed by atoms with Crippen LogP contribution in [0.25, 0.3) is 149 Å². The lowest BCUT2D eigenvalue weighted by Crippen LogP contribution is -2.28. The van der Waals surface area contributed by atoms with Gasteiger partial charge >= 0.3 is 0 Å². The van der Waals surface area contributed by atoms with Gasteiger partial charge in [-0.1, -0.05) is 44.2 Å². The minimum absolute atomic E-state index is 0.0227. The number of hydrogen-bond acceptors (Lipinski definition) is 24. The van der Waals surface area contributed by atoms with E-state index in [0.29, 0.717) is 96.9 Å². The van der Waals surface area contributed by atoms with Gasteiger partial charge in [0.15, 0.2) is 5.82 Å². The van der Waals surface area contributed by atoms with Crippen molar-refractivity contribution in [3.8, 4) is 39.5 Å². The van der Waals surface area contributed by atoms with Crippen molar-refractivity contribution in [3.05, 3.63) is 181 Å². The monoisotopic (exact) mass is 1610 g/mol. The van der Waals surface area contributed by atoms with E-state index in [4.69, 9.17) is 28.7 Å². The summed E-state index contributed by atoms with van der Waals surface area (Å²) >= 11 is 0. The first-order valence-electron chi connectivity index (χ1n) is 39.1. The van der Waals surface area contributed by atoms with Gasteiger partial charge in [0.05, 0.1) is 88.6 Å². The molecule has 1 aliphatic carbocycles. The standard InChI is InChI=1S/C18H17N7O.C17H17N7O.C17H19N7.C16H17N7.C16H19N5O/c19-17-16-15(23-14(24-16)8-20-18(26)9-1-2-9)11-4-3-10(7-13(11)22-17)12-5-6-21-25-12;1-10(25)23(2)9-14-21-15-12-5-4-11(24-7-3-6-19-24)8-13(12)20-17(18)16(15)22-14;1-3-19-9-14-22-15-16(24(14)2)11-5-4-10(12-6-7-20-23-12)8-13(11)21-17(15)18;1-2-18-8-13-21-14-10-4-3-9(11-5-6-19-23-11)7-12(10)20-16(17)15(14)22-13;1-4-21(10(3)22)8-13-19-14-11-6-5-9(2)7-12(11)18-16(17)15(14)20-13/h3-7,9H,1-2,8H2,(H2,19,22)(H,20,26)(H,21,25)(H,23,24);3-8H,9H2,1-2H3,(H2,18,20)(H,21,22);4-8,19H,3,9H2,1-2H3,(H2,18,21)(H,20,23);3-7,18H,2,8H2,1H3,(H2,17,20)(H,19,23)(H,21,22);5-7H,4,8H2,1-3H3,(H2,17,18)(H,19,20). The summed E-state index contributed by atoms with van der Waals surface area (Å²) in [5.41, 5.74) is 50.3. The largest absolute Gasteiger partial charge is 0.382 e. The lowest BCUT2D eigenvalue weighted by atomic mass is 10.1. The van der Waals surface area contributed by atoms with E-state index in [1.54, 1.807) is 53.2 Å². The predicted molar refractivity (Wildman–Crippen MR) is 467 cm³/mol. The fourth-order valence-corrected chi connectivity index (χ4v) is 14.3. The first-order valence-corrected chi connectivity index (χ1v) is 39.1. The number of H-pyrrole nitrogens is 7. The van der Waals surface area contributed by atoms with Crippen molar-refractivity contribution in [2.24, 2.45) is 13.0 Å². The summed E-state index contributed by atoms with van der Waals surface area (Å²) in [7, 11) is 3.75. The Morgan fingerprint density at radius 2 is 0.917 bits per heavy atom. The minimum Gasteiger partial charge on any atom is -0.382 e. The Bertz CT molecular complexity index is 6990. The summed E-state index contributed by atoms with van der Waals surface area (Å²) in [5, 5.41) is 39.3. The molecule has 20 rings (SSSR count). The summed E-state index contributed by atoms with van der Waals surface area (Å²) in [4.78, 5) is 96.7. The summed E-state index contributed by atoms with van der Waals surface area (Å²) in [6.07, 6.45) is 10.7. The summed E-state index contributed by atoms with van der Waals surface area (Å²) in [6, 6.07) is 37.6. The third kappa shape index (κ3) is 16.2. The highest BCUT2D eigenvalue weighted by atomic mass is 16.2. The van der Waals surface area contributed by atoms with Gasteiger partial charge in [-0.2, -0.15) is 20.4 Å². The van der Waals surface area contributed by atoms with Gasteiger partial charge in [-0.25, -0.2) is 54.5 Å². The van der Waals surface area contributed by atoms with Gasteiger partial charge in [0.1, 0.15) is 102 Å². The molecule has 0 saturated heterocycles. The number of fused-ring (bicyclic) bond motifs is 15. The van der Waals surface area contributed by atoms with Crippen molar-refractivity contribution >= 4 is 156 Å². The van der Waals surface area contributed by atoms with Gasteiger partial charge < -0.3 is 78.9 Å². The second kappa shape index (κ2) is 33.5. The van der Waals surface area contributed by atoms with Gasteiger partial charge in [-0.05, 0) is 130 Å². The van der Waals surface area contributed by atoms with Crippen LogP contribution in [0.15, 0.2) is 146 Å². The molecule has 20 N–H and O–H groups in total. The number of aryl methyl sites for hydroxylation is 2. The van der Waals surface area contributed by atoms with E-state index in [-0.39, 0.29) is 23.6 Å². The van der Waals surface area contributed by atoms with Crippen molar-refractivity contribution in [2.45, 2.75) is 87.1 Å². The Morgan fingerprint density at radius 3 is 1.38 bits per heavy atom. The Balaban J connectivity index is 0.000000112. The van der Waals surface area contributed by atoms with Crippen molar-refractivity contribution in [1.82, 2.24) is 140 Å². The van der Waals surface area contributed by atoms with Crippen LogP contribution < -0.4 is 44.6 Å². The number of pyridine rings is 5. The molecule has 19 aromatic rings. The lowest BCUT2D eigenvalue weighted by Gasteiger charge is -2.16.